The molecule has 8 nitrogen and oxygen atoms in total. The molecule has 4 rings (SSSR count). The number of aryl methyl sites for hydroxylation is 1. The van der Waals surface area contributed by atoms with Gasteiger partial charge in [-0.1, -0.05) is 17.7 Å². The van der Waals surface area contributed by atoms with Gasteiger partial charge < -0.3 is 15.5 Å². The van der Waals surface area contributed by atoms with Crippen molar-refractivity contribution in [2.45, 2.75) is 6.92 Å². The normalized spacial score (nSPS) is 14.1. The monoisotopic (exact) mass is 424 g/mol. The van der Waals surface area contributed by atoms with Gasteiger partial charge in [0.2, 0.25) is 5.91 Å². The van der Waals surface area contributed by atoms with Crippen molar-refractivity contribution in [2.75, 3.05) is 31.1 Å². The summed E-state index contributed by atoms with van der Waals surface area (Å²) in [4.78, 5) is 29.6. The number of amides is 2. The van der Waals surface area contributed by atoms with Crippen LogP contribution in [-0.4, -0.2) is 57.9 Å². The fourth-order valence-corrected chi connectivity index (χ4v) is 3.63. The lowest BCUT2D eigenvalue weighted by molar-refractivity contribution is 0.0739. The van der Waals surface area contributed by atoms with Gasteiger partial charge in [-0.3, -0.25) is 9.59 Å². The Hall–Kier alpha value is -3.39. The predicted molar refractivity (Wildman–Crippen MR) is 114 cm³/mol. The minimum Gasteiger partial charge on any atom is -0.368 e. The second-order valence-corrected chi connectivity index (χ2v) is 7.53. The maximum Gasteiger partial charge on any atom is 0.276 e. The van der Waals surface area contributed by atoms with Crippen molar-refractivity contribution in [3.63, 3.8) is 0 Å². The molecule has 1 aliphatic rings. The van der Waals surface area contributed by atoms with Crippen LogP contribution in [0.5, 0.6) is 0 Å². The zero-order valence-electron chi connectivity index (χ0n) is 16.5. The molecular weight excluding hydrogens is 404 g/mol. The summed E-state index contributed by atoms with van der Waals surface area (Å²) in [5.74, 6) is -0.581. The molecule has 1 aliphatic heterocycles. The van der Waals surface area contributed by atoms with Crippen molar-refractivity contribution >= 4 is 29.1 Å². The zero-order chi connectivity index (χ0) is 21.3. The van der Waals surface area contributed by atoms with Crippen LogP contribution in [0.25, 0.3) is 5.69 Å². The van der Waals surface area contributed by atoms with E-state index in [-0.39, 0.29) is 5.91 Å². The van der Waals surface area contributed by atoms with Crippen molar-refractivity contribution in [2.24, 2.45) is 5.73 Å². The molecule has 2 aromatic carbocycles. The summed E-state index contributed by atoms with van der Waals surface area (Å²) in [6.07, 6.45) is 0. The minimum absolute atomic E-state index is 0.135. The maximum absolute atomic E-state index is 13.0. The predicted octanol–water partition coefficient (Wildman–Crippen LogP) is 2.29. The van der Waals surface area contributed by atoms with E-state index in [0.29, 0.717) is 53.8 Å². The van der Waals surface area contributed by atoms with E-state index in [1.54, 1.807) is 36.1 Å². The van der Waals surface area contributed by atoms with Crippen LogP contribution in [0.2, 0.25) is 5.02 Å². The first-order valence-corrected chi connectivity index (χ1v) is 9.94. The number of hydrogen-bond donors (Lipinski definition) is 1. The van der Waals surface area contributed by atoms with Crippen molar-refractivity contribution in [1.82, 2.24) is 19.9 Å². The van der Waals surface area contributed by atoms with Crippen LogP contribution in [0.15, 0.2) is 48.5 Å². The number of halogens is 1. The van der Waals surface area contributed by atoms with E-state index in [9.17, 15) is 9.59 Å². The third kappa shape index (κ3) is 3.99. The van der Waals surface area contributed by atoms with E-state index < -0.39 is 5.91 Å². The number of primary amides is 1. The van der Waals surface area contributed by atoms with Crippen molar-refractivity contribution in [3.8, 4) is 5.69 Å². The number of carbonyl (C=O) groups excluding carboxylic acids is 2. The van der Waals surface area contributed by atoms with Crippen LogP contribution >= 0.6 is 11.6 Å². The van der Waals surface area contributed by atoms with E-state index in [2.05, 4.69) is 15.1 Å². The molecule has 154 valence electrons. The molecule has 30 heavy (non-hydrogen) atoms. The zero-order valence-corrected chi connectivity index (χ0v) is 17.2. The van der Waals surface area contributed by atoms with Gasteiger partial charge in [-0.2, -0.15) is 9.90 Å². The summed E-state index contributed by atoms with van der Waals surface area (Å²) in [6.45, 7) is 4.28. The molecule has 2 heterocycles. The fraction of sp³-hybridized carbons (Fsp3) is 0.238. The molecule has 9 heteroatoms. The molecular formula is C21H21ClN6O2. The third-order valence-electron chi connectivity index (χ3n) is 5.11. The van der Waals surface area contributed by atoms with Crippen LogP contribution in [0, 0.1) is 6.92 Å². The number of anilines is 1. The van der Waals surface area contributed by atoms with Crippen LogP contribution in [0.4, 0.5) is 5.69 Å². The molecule has 0 spiro atoms. The number of piperazine rings is 1. The van der Waals surface area contributed by atoms with Gasteiger partial charge >= 0.3 is 0 Å². The Morgan fingerprint density at radius 2 is 1.67 bits per heavy atom. The lowest BCUT2D eigenvalue weighted by Gasteiger charge is -2.35. The molecule has 0 aliphatic carbocycles. The largest absolute Gasteiger partial charge is 0.368 e. The summed E-state index contributed by atoms with van der Waals surface area (Å²) in [6, 6.07) is 14.3. The third-order valence-corrected chi connectivity index (χ3v) is 5.34. The number of nitrogens with zero attached hydrogens (tertiary/aromatic N) is 5. The first-order chi connectivity index (χ1) is 14.4. The van der Waals surface area contributed by atoms with Crippen LogP contribution in [0.1, 0.15) is 26.5 Å². The van der Waals surface area contributed by atoms with Gasteiger partial charge in [-0.15, -0.1) is 5.10 Å². The second kappa shape index (κ2) is 8.16. The standard InChI is InChI=1S/C21H21ClN6O2/c1-14-19(25-28(24-14)18-4-2-3-16(22)13-18)21(30)27-11-9-26(10-12-27)17-7-5-15(6-8-17)20(23)29/h2-8,13H,9-12H2,1H3,(H2,23,29). The molecule has 2 amide bonds. The highest BCUT2D eigenvalue weighted by molar-refractivity contribution is 6.30. The first-order valence-electron chi connectivity index (χ1n) is 9.56. The van der Waals surface area contributed by atoms with Gasteiger partial charge in [-0.25, -0.2) is 0 Å². The molecule has 2 N–H and O–H groups in total. The highest BCUT2D eigenvalue weighted by atomic mass is 35.5. The molecule has 0 saturated carbocycles. The molecule has 0 radical (unpaired) electrons. The average Bonchev–Trinajstić information content (AvgIpc) is 3.15. The molecule has 1 fully saturated rings. The lowest BCUT2D eigenvalue weighted by Crippen LogP contribution is -2.49. The summed E-state index contributed by atoms with van der Waals surface area (Å²) >= 11 is 6.04. The summed E-state index contributed by atoms with van der Waals surface area (Å²) in [5, 5.41) is 9.35. The SMILES string of the molecule is Cc1nn(-c2cccc(Cl)c2)nc1C(=O)N1CCN(c2ccc(C(N)=O)cc2)CC1. The summed E-state index contributed by atoms with van der Waals surface area (Å²) in [7, 11) is 0. The topological polar surface area (TPSA) is 97.3 Å². The van der Waals surface area contributed by atoms with Crippen molar-refractivity contribution in [3.05, 3.63) is 70.5 Å². The van der Waals surface area contributed by atoms with E-state index in [1.807, 2.05) is 24.3 Å². The number of benzene rings is 2. The van der Waals surface area contributed by atoms with Crippen LogP contribution < -0.4 is 10.6 Å². The number of rotatable bonds is 4. The van der Waals surface area contributed by atoms with E-state index in [0.717, 1.165) is 5.69 Å². The van der Waals surface area contributed by atoms with Gasteiger partial charge in [0.15, 0.2) is 5.69 Å². The number of hydrogen-bond acceptors (Lipinski definition) is 5. The average molecular weight is 425 g/mol. The molecule has 1 aromatic heterocycles. The Labute approximate surface area is 178 Å². The van der Waals surface area contributed by atoms with Gasteiger partial charge in [0, 0.05) is 42.5 Å². The summed E-state index contributed by atoms with van der Waals surface area (Å²) in [5.41, 5.74) is 8.38. The Morgan fingerprint density at radius 1 is 0.967 bits per heavy atom. The van der Waals surface area contributed by atoms with E-state index in [4.69, 9.17) is 17.3 Å². The number of aromatic nitrogens is 3. The number of carbonyl (C=O) groups is 2. The van der Waals surface area contributed by atoms with Gasteiger partial charge in [0.25, 0.3) is 5.91 Å². The second-order valence-electron chi connectivity index (χ2n) is 7.09. The summed E-state index contributed by atoms with van der Waals surface area (Å²) < 4.78 is 0. The molecule has 0 atom stereocenters. The molecule has 3 aromatic rings. The molecule has 0 bridgehead atoms. The Kier molecular flexibility index (Phi) is 5.41. The Morgan fingerprint density at radius 3 is 2.30 bits per heavy atom. The molecule has 1 saturated heterocycles. The van der Waals surface area contributed by atoms with E-state index in [1.165, 1.54) is 4.80 Å². The Balaban J connectivity index is 1.44. The van der Waals surface area contributed by atoms with Crippen molar-refractivity contribution < 1.29 is 9.59 Å². The van der Waals surface area contributed by atoms with E-state index >= 15 is 0 Å². The first kappa shape index (κ1) is 19.9. The minimum atomic E-state index is -0.446. The van der Waals surface area contributed by atoms with Crippen LogP contribution in [-0.2, 0) is 0 Å². The number of nitrogens with two attached hydrogens (primary N) is 1. The Bertz CT molecular complexity index is 1090. The highest BCUT2D eigenvalue weighted by Gasteiger charge is 2.26. The molecule has 0 unspecified atom stereocenters. The van der Waals surface area contributed by atoms with Gasteiger partial charge in [0.1, 0.15) is 0 Å². The lowest BCUT2D eigenvalue weighted by atomic mass is 10.1. The van der Waals surface area contributed by atoms with Gasteiger partial charge in [-0.05, 0) is 49.4 Å². The fourth-order valence-electron chi connectivity index (χ4n) is 3.45. The highest BCUT2D eigenvalue weighted by Crippen LogP contribution is 2.19. The smallest absolute Gasteiger partial charge is 0.276 e. The van der Waals surface area contributed by atoms with Gasteiger partial charge in [0.05, 0.1) is 11.4 Å². The maximum atomic E-state index is 13.0. The quantitative estimate of drug-likeness (QED) is 0.693. The van der Waals surface area contributed by atoms with Crippen LogP contribution in [0.3, 0.4) is 0 Å². The van der Waals surface area contributed by atoms with Crippen molar-refractivity contribution in [1.29, 1.82) is 0 Å².